The van der Waals surface area contributed by atoms with Gasteiger partial charge in [0.1, 0.15) is 0 Å². The summed E-state index contributed by atoms with van der Waals surface area (Å²) >= 11 is 0. The summed E-state index contributed by atoms with van der Waals surface area (Å²) in [4.78, 5) is 0. The van der Waals surface area contributed by atoms with Crippen LogP contribution in [0.5, 0.6) is 0 Å². The van der Waals surface area contributed by atoms with Crippen molar-refractivity contribution in [1.29, 1.82) is 0 Å². The van der Waals surface area contributed by atoms with Gasteiger partial charge in [0.05, 0.1) is 12.8 Å². The average Bonchev–Trinajstić information content (AvgIpc) is 2.45. The summed E-state index contributed by atoms with van der Waals surface area (Å²) in [6, 6.07) is 0. The number of aliphatic hydroxyl groups excluding tert-OH is 1. The smallest absolute Gasteiger partial charge is 0.0715 e. The van der Waals surface area contributed by atoms with Gasteiger partial charge in [-0.15, -0.1) is 0 Å². The molecule has 0 aromatic carbocycles. The van der Waals surface area contributed by atoms with E-state index < -0.39 is 0 Å². The first-order valence-corrected chi connectivity index (χ1v) is 5.33. The van der Waals surface area contributed by atoms with Gasteiger partial charge in [0.15, 0.2) is 0 Å². The molecular formula is C11H18N2O. The topological polar surface area (TPSA) is 38.1 Å². The fraction of sp³-hybridized carbons (Fsp3) is 0.727. The fourth-order valence-corrected chi connectivity index (χ4v) is 2.29. The summed E-state index contributed by atoms with van der Waals surface area (Å²) in [6.45, 7) is 5.45. The van der Waals surface area contributed by atoms with Crippen molar-refractivity contribution in [3.8, 4) is 0 Å². The van der Waals surface area contributed by atoms with Crippen molar-refractivity contribution >= 4 is 0 Å². The molecule has 1 aliphatic rings. The van der Waals surface area contributed by atoms with Gasteiger partial charge in [-0.25, -0.2) is 0 Å². The Bertz CT molecular complexity index is 313. The van der Waals surface area contributed by atoms with Crippen LogP contribution in [0.25, 0.3) is 0 Å². The monoisotopic (exact) mass is 194 g/mol. The number of rotatable bonds is 3. The van der Waals surface area contributed by atoms with Crippen molar-refractivity contribution in [2.75, 3.05) is 0 Å². The van der Waals surface area contributed by atoms with Crippen LogP contribution in [0.3, 0.4) is 0 Å². The van der Waals surface area contributed by atoms with Gasteiger partial charge in [0, 0.05) is 17.8 Å². The minimum atomic E-state index is 0.104. The van der Waals surface area contributed by atoms with Crippen LogP contribution >= 0.6 is 0 Å². The fourth-order valence-electron chi connectivity index (χ4n) is 2.29. The molecule has 1 N–H and O–H groups in total. The highest BCUT2D eigenvalue weighted by molar-refractivity contribution is 5.14. The predicted octanol–water partition coefficient (Wildman–Crippen LogP) is 1.73. The van der Waals surface area contributed by atoms with Crippen LogP contribution in [0, 0.1) is 18.8 Å². The first kappa shape index (κ1) is 9.71. The molecule has 0 spiro atoms. The molecule has 1 aromatic heterocycles. The van der Waals surface area contributed by atoms with E-state index in [1.807, 2.05) is 11.6 Å². The number of nitrogens with zero attached hydrogens (tertiary/aromatic N) is 2. The third-order valence-electron chi connectivity index (χ3n) is 3.28. The summed E-state index contributed by atoms with van der Waals surface area (Å²) in [5.74, 6) is 1.70. The van der Waals surface area contributed by atoms with Gasteiger partial charge >= 0.3 is 0 Å². The maximum atomic E-state index is 9.03. The van der Waals surface area contributed by atoms with Crippen molar-refractivity contribution < 1.29 is 5.11 Å². The van der Waals surface area contributed by atoms with E-state index in [1.165, 1.54) is 12.8 Å². The molecule has 0 radical (unpaired) electrons. The van der Waals surface area contributed by atoms with Crippen LogP contribution in [0.1, 0.15) is 31.0 Å². The van der Waals surface area contributed by atoms with Crippen LogP contribution < -0.4 is 0 Å². The Hall–Kier alpha value is -0.830. The van der Waals surface area contributed by atoms with Gasteiger partial charge in [-0.3, -0.25) is 4.68 Å². The van der Waals surface area contributed by atoms with E-state index in [2.05, 4.69) is 12.0 Å². The lowest BCUT2D eigenvalue weighted by atomic mass is 9.76. The maximum absolute atomic E-state index is 9.03. The number of aromatic nitrogens is 2. The molecule has 3 heteroatoms. The van der Waals surface area contributed by atoms with Crippen LogP contribution in [-0.2, 0) is 13.2 Å². The van der Waals surface area contributed by atoms with Crippen molar-refractivity contribution in [1.82, 2.24) is 9.78 Å². The largest absolute Gasteiger partial charge is 0.392 e. The third-order valence-corrected chi connectivity index (χ3v) is 3.28. The lowest BCUT2D eigenvalue weighted by Gasteiger charge is -2.32. The molecule has 0 saturated heterocycles. The van der Waals surface area contributed by atoms with E-state index >= 15 is 0 Å². The SMILES string of the molecule is Cc1c(CO)cnn1CC1CC(C)C1. The normalized spacial score (nSPS) is 26.2. The Labute approximate surface area is 84.7 Å². The molecule has 0 atom stereocenters. The molecule has 0 bridgehead atoms. The van der Waals surface area contributed by atoms with Crippen LogP contribution in [0.15, 0.2) is 6.20 Å². The molecule has 1 fully saturated rings. The zero-order valence-corrected chi connectivity index (χ0v) is 8.90. The average molecular weight is 194 g/mol. The highest BCUT2D eigenvalue weighted by atomic mass is 16.3. The molecule has 78 valence electrons. The Kier molecular flexibility index (Phi) is 2.59. The zero-order chi connectivity index (χ0) is 10.1. The zero-order valence-electron chi connectivity index (χ0n) is 8.90. The van der Waals surface area contributed by atoms with Gasteiger partial charge in [-0.05, 0) is 31.6 Å². The molecular weight excluding hydrogens is 176 g/mol. The van der Waals surface area contributed by atoms with Crippen LogP contribution in [0.2, 0.25) is 0 Å². The van der Waals surface area contributed by atoms with Crippen molar-refractivity contribution in [2.45, 2.75) is 39.8 Å². The van der Waals surface area contributed by atoms with Crippen LogP contribution in [-0.4, -0.2) is 14.9 Å². The van der Waals surface area contributed by atoms with Gasteiger partial charge in [-0.2, -0.15) is 5.10 Å². The van der Waals surface area contributed by atoms with E-state index in [-0.39, 0.29) is 6.61 Å². The lowest BCUT2D eigenvalue weighted by molar-refractivity contribution is 0.180. The Morgan fingerprint density at radius 3 is 2.79 bits per heavy atom. The summed E-state index contributed by atoms with van der Waals surface area (Å²) in [7, 11) is 0. The highest BCUT2D eigenvalue weighted by Gasteiger charge is 2.26. The summed E-state index contributed by atoms with van der Waals surface area (Å²) in [6.07, 6.45) is 4.43. The van der Waals surface area contributed by atoms with E-state index in [4.69, 9.17) is 5.11 Å². The second kappa shape index (κ2) is 3.73. The first-order valence-electron chi connectivity index (χ1n) is 5.33. The molecule has 3 nitrogen and oxygen atoms in total. The van der Waals surface area contributed by atoms with Gasteiger partial charge in [0.25, 0.3) is 0 Å². The molecule has 0 amide bonds. The Morgan fingerprint density at radius 1 is 1.57 bits per heavy atom. The quantitative estimate of drug-likeness (QED) is 0.795. The number of aliphatic hydroxyl groups is 1. The molecule has 1 saturated carbocycles. The Morgan fingerprint density at radius 2 is 2.29 bits per heavy atom. The maximum Gasteiger partial charge on any atom is 0.0715 e. The minimum absolute atomic E-state index is 0.104. The summed E-state index contributed by atoms with van der Waals surface area (Å²) in [5.41, 5.74) is 2.07. The second-order valence-corrected chi connectivity index (χ2v) is 4.54. The third kappa shape index (κ3) is 1.69. The second-order valence-electron chi connectivity index (χ2n) is 4.54. The molecule has 14 heavy (non-hydrogen) atoms. The van der Waals surface area contributed by atoms with E-state index in [9.17, 15) is 0 Å². The molecule has 0 aliphatic heterocycles. The summed E-state index contributed by atoms with van der Waals surface area (Å²) in [5, 5.41) is 13.3. The van der Waals surface area contributed by atoms with Crippen molar-refractivity contribution in [2.24, 2.45) is 11.8 Å². The number of hydrogen-bond acceptors (Lipinski definition) is 2. The van der Waals surface area contributed by atoms with E-state index in [0.717, 1.165) is 29.6 Å². The Balaban J connectivity index is 1.99. The molecule has 0 unspecified atom stereocenters. The lowest BCUT2D eigenvalue weighted by Crippen LogP contribution is -2.26. The van der Waals surface area contributed by atoms with Gasteiger partial charge in [-0.1, -0.05) is 6.92 Å². The molecule has 1 aliphatic carbocycles. The van der Waals surface area contributed by atoms with Crippen LogP contribution in [0.4, 0.5) is 0 Å². The molecule has 2 rings (SSSR count). The van der Waals surface area contributed by atoms with Gasteiger partial charge in [0.2, 0.25) is 0 Å². The minimum Gasteiger partial charge on any atom is -0.392 e. The van der Waals surface area contributed by atoms with Crippen molar-refractivity contribution in [3.05, 3.63) is 17.5 Å². The van der Waals surface area contributed by atoms with E-state index in [0.29, 0.717) is 0 Å². The first-order chi connectivity index (χ1) is 6.70. The summed E-state index contributed by atoms with van der Waals surface area (Å²) < 4.78 is 2.03. The predicted molar refractivity (Wildman–Crippen MR) is 54.8 cm³/mol. The van der Waals surface area contributed by atoms with Gasteiger partial charge < -0.3 is 5.11 Å². The van der Waals surface area contributed by atoms with E-state index in [1.54, 1.807) is 6.20 Å². The standard InChI is InChI=1S/C11H18N2O/c1-8-3-10(4-8)6-13-9(2)11(7-14)5-12-13/h5,8,10,14H,3-4,6-7H2,1-2H3. The highest BCUT2D eigenvalue weighted by Crippen LogP contribution is 2.34. The van der Waals surface area contributed by atoms with Crippen molar-refractivity contribution in [3.63, 3.8) is 0 Å². The number of hydrogen-bond donors (Lipinski definition) is 1. The molecule has 1 heterocycles. The molecule has 1 aromatic rings.